The maximum Gasteiger partial charge on any atom is 0.417 e. The molecular formula is C13H17Cl2F3N2O2S. The molecule has 2 unspecified atom stereocenters. The van der Waals surface area contributed by atoms with Gasteiger partial charge in [-0.3, -0.25) is 0 Å². The van der Waals surface area contributed by atoms with Gasteiger partial charge in [0.2, 0.25) is 10.0 Å². The summed E-state index contributed by atoms with van der Waals surface area (Å²) in [4.78, 5) is -0.813. The highest BCUT2D eigenvalue weighted by atomic mass is 35.5. The van der Waals surface area contributed by atoms with E-state index in [9.17, 15) is 21.6 Å². The number of nitrogens with one attached hydrogen (secondary N) is 1. The topological polar surface area (TPSA) is 72.2 Å². The van der Waals surface area contributed by atoms with E-state index in [1.54, 1.807) is 0 Å². The first-order chi connectivity index (χ1) is 10.1. The molecule has 0 heterocycles. The largest absolute Gasteiger partial charge is 0.417 e. The highest BCUT2D eigenvalue weighted by Crippen LogP contribution is 2.36. The highest BCUT2D eigenvalue weighted by molar-refractivity contribution is 7.89. The van der Waals surface area contributed by atoms with Crippen LogP contribution in [0.25, 0.3) is 0 Å². The van der Waals surface area contributed by atoms with Crippen molar-refractivity contribution in [2.75, 3.05) is 6.54 Å². The maximum atomic E-state index is 13.0. The Balaban J connectivity index is 0.00000264. The van der Waals surface area contributed by atoms with Gasteiger partial charge in [-0.1, -0.05) is 18.0 Å². The number of benzene rings is 1. The fourth-order valence-electron chi connectivity index (χ4n) is 2.69. The number of alkyl halides is 3. The molecule has 2 atom stereocenters. The summed E-state index contributed by atoms with van der Waals surface area (Å²) >= 11 is 5.56. The first kappa shape index (κ1) is 20.5. The Morgan fingerprint density at radius 1 is 1.30 bits per heavy atom. The lowest BCUT2D eigenvalue weighted by molar-refractivity contribution is -0.139. The second-order valence-corrected chi connectivity index (χ2v) is 7.41. The smallest absolute Gasteiger partial charge is 0.330 e. The zero-order chi connectivity index (χ0) is 16.5. The zero-order valence-corrected chi connectivity index (χ0v) is 14.3. The van der Waals surface area contributed by atoms with Crippen molar-refractivity contribution in [1.82, 2.24) is 4.72 Å². The third-order valence-electron chi connectivity index (χ3n) is 3.80. The number of rotatable bonds is 4. The van der Waals surface area contributed by atoms with Crippen LogP contribution in [0, 0.1) is 5.92 Å². The Bertz CT molecular complexity index is 653. The van der Waals surface area contributed by atoms with Crippen molar-refractivity contribution in [2.45, 2.75) is 36.4 Å². The van der Waals surface area contributed by atoms with E-state index in [-0.39, 0.29) is 23.3 Å². The van der Waals surface area contributed by atoms with Crippen LogP contribution in [0.1, 0.15) is 24.8 Å². The van der Waals surface area contributed by atoms with Crippen LogP contribution in [0.5, 0.6) is 0 Å². The summed E-state index contributed by atoms with van der Waals surface area (Å²) in [5.74, 6) is -0.0589. The average molecular weight is 393 g/mol. The lowest BCUT2D eigenvalue weighted by Gasteiger charge is -2.21. The van der Waals surface area contributed by atoms with Crippen LogP contribution in [0.4, 0.5) is 13.2 Å². The third kappa shape index (κ3) is 4.73. The van der Waals surface area contributed by atoms with E-state index < -0.39 is 32.7 Å². The molecular weight excluding hydrogens is 376 g/mol. The van der Waals surface area contributed by atoms with Gasteiger partial charge < -0.3 is 5.73 Å². The Morgan fingerprint density at radius 2 is 1.96 bits per heavy atom. The molecule has 1 aliphatic carbocycles. The summed E-state index contributed by atoms with van der Waals surface area (Å²) in [6.07, 6.45) is -2.69. The third-order valence-corrected chi connectivity index (χ3v) is 5.59. The number of nitrogens with two attached hydrogens (primary N) is 1. The molecule has 3 N–H and O–H groups in total. The van der Waals surface area contributed by atoms with Crippen molar-refractivity contribution in [3.05, 3.63) is 28.8 Å². The summed E-state index contributed by atoms with van der Waals surface area (Å²) in [5.41, 5.74) is 4.30. The molecule has 0 radical (unpaired) electrons. The number of hydrogen-bond donors (Lipinski definition) is 2. The van der Waals surface area contributed by atoms with Gasteiger partial charge in [0.15, 0.2) is 0 Å². The van der Waals surface area contributed by atoms with Crippen molar-refractivity contribution >= 4 is 34.0 Å². The fraction of sp³-hybridized carbons (Fsp3) is 0.538. The number of sulfonamides is 1. The van der Waals surface area contributed by atoms with E-state index in [2.05, 4.69) is 4.72 Å². The predicted molar refractivity (Wildman–Crippen MR) is 84.2 cm³/mol. The molecule has 1 saturated carbocycles. The molecule has 0 saturated heterocycles. The van der Waals surface area contributed by atoms with Crippen molar-refractivity contribution in [3.63, 3.8) is 0 Å². The Kier molecular flexibility index (Phi) is 6.74. The molecule has 23 heavy (non-hydrogen) atoms. The standard InChI is InChI=1S/C13H16ClF3N2O2S.ClH/c14-9-4-5-12(10(6-9)13(15,16)17)22(20,21)19-11-3-1-2-8(11)7-18;/h4-6,8,11,19H,1-3,7,18H2;1H. The average Bonchev–Trinajstić information content (AvgIpc) is 2.83. The van der Waals surface area contributed by atoms with E-state index in [4.69, 9.17) is 17.3 Å². The second-order valence-electron chi connectivity index (χ2n) is 5.29. The van der Waals surface area contributed by atoms with Gasteiger partial charge in [0, 0.05) is 11.1 Å². The van der Waals surface area contributed by atoms with Crippen LogP contribution in [0.2, 0.25) is 5.02 Å². The Labute approximate surface area is 144 Å². The zero-order valence-electron chi connectivity index (χ0n) is 11.9. The monoisotopic (exact) mass is 392 g/mol. The first-order valence-electron chi connectivity index (χ1n) is 6.74. The van der Waals surface area contributed by atoms with Gasteiger partial charge in [-0.15, -0.1) is 12.4 Å². The van der Waals surface area contributed by atoms with Crippen molar-refractivity contribution < 1.29 is 21.6 Å². The molecule has 0 aliphatic heterocycles. The van der Waals surface area contributed by atoms with Crippen LogP contribution >= 0.6 is 24.0 Å². The lowest BCUT2D eigenvalue weighted by Crippen LogP contribution is -2.40. The summed E-state index contributed by atoms with van der Waals surface area (Å²) in [7, 11) is -4.30. The van der Waals surface area contributed by atoms with Gasteiger partial charge in [-0.05, 0) is 43.5 Å². The van der Waals surface area contributed by atoms with Gasteiger partial charge >= 0.3 is 6.18 Å². The number of halogens is 5. The Hall–Kier alpha value is -0.540. The molecule has 1 aromatic carbocycles. The van der Waals surface area contributed by atoms with E-state index in [0.717, 1.165) is 25.0 Å². The maximum absolute atomic E-state index is 13.0. The second kappa shape index (κ2) is 7.57. The van der Waals surface area contributed by atoms with Gasteiger partial charge in [0.25, 0.3) is 0 Å². The molecule has 4 nitrogen and oxygen atoms in total. The van der Waals surface area contributed by atoms with Gasteiger partial charge in [-0.2, -0.15) is 13.2 Å². The van der Waals surface area contributed by atoms with Crippen molar-refractivity contribution in [2.24, 2.45) is 11.7 Å². The minimum Gasteiger partial charge on any atom is -0.330 e. The Morgan fingerprint density at radius 3 is 2.52 bits per heavy atom. The van der Waals surface area contributed by atoms with E-state index in [1.165, 1.54) is 0 Å². The lowest BCUT2D eigenvalue weighted by atomic mass is 10.1. The summed E-state index contributed by atoms with van der Waals surface area (Å²) < 4.78 is 66.2. The molecule has 0 amide bonds. The summed E-state index contributed by atoms with van der Waals surface area (Å²) in [6.45, 7) is 0.292. The van der Waals surface area contributed by atoms with Crippen LogP contribution in [-0.2, 0) is 16.2 Å². The predicted octanol–water partition coefficient (Wildman–Crippen LogP) is 3.19. The van der Waals surface area contributed by atoms with E-state index >= 15 is 0 Å². The molecule has 10 heteroatoms. The highest BCUT2D eigenvalue weighted by Gasteiger charge is 2.39. The fourth-order valence-corrected chi connectivity index (χ4v) is 4.41. The van der Waals surface area contributed by atoms with Crippen LogP contribution in [-0.4, -0.2) is 21.0 Å². The summed E-state index contributed by atoms with van der Waals surface area (Å²) in [6, 6.07) is 2.18. The molecule has 1 aromatic rings. The normalized spacial score (nSPS) is 22.0. The molecule has 1 fully saturated rings. The van der Waals surface area contributed by atoms with Crippen LogP contribution < -0.4 is 10.5 Å². The minimum atomic E-state index is -4.81. The van der Waals surface area contributed by atoms with Crippen molar-refractivity contribution in [3.8, 4) is 0 Å². The van der Waals surface area contributed by atoms with E-state index in [1.807, 2.05) is 0 Å². The molecule has 132 valence electrons. The minimum absolute atomic E-state index is 0. The molecule has 0 bridgehead atoms. The first-order valence-corrected chi connectivity index (χ1v) is 8.60. The van der Waals surface area contributed by atoms with Crippen LogP contribution in [0.3, 0.4) is 0 Å². The van der Waals surface area contributed by atoms with Gasteiger partial charge in [0.1, 0.15) is 0 Å². The molecule has 0 spiro atoms. The molecule has 0 aromatic heterocycles. The van der Waals surface area contributed by atoms with Gasteiger partial charge in [-0.25, -0.2) is 13.1 Å². The van der Waals surface area contributed by atoms with Crippen molar-refractivity contribution in [1.29, 1.82) is 0 Å². The molecule has 1 aliphatic rings. The van der Waals surface area contributed by atoms with Crippen LogP contribution in [0.15, 0.2) is 23.1 Å². The quantitative estimate of drug-likeness (QED) is 0.826. The SMILES string of the molecule is Cl.NCC1CCCC1NS(=O)(=O)c1ccc(Cl)cc1C(F)(F)F. The van der Waals surface area contributed by atoms with Gasteiger partial charge in [0.05, 0.1) is 10.5 Å². The number of hydrogen-bond acceptors (Lipinski definition) is 3. The summed E-state index contributed by atoms with van der Waals surface area (Å²) in [5, 5.41) is -0.174. The van der Waals surface area contributed by atoms with E-state index in [0.29, 0.717) is 19.0 Å². The molecule has 2 rings (SSSR count).